The number of nitrogens with two attached hydrogens (primary N) is 1. The number of hydrogen-bond acceptors (Lipinski definition) is 2. The van der Waals surface area contributed by atoms with E-state index in [0.717, 1.165) is 5.92 Å². The molecule has 0 aliphatic rings. The summed E-state index contributed by atoms with van der Waals surface area (Å²) in [6.45, 7) is 6.76. The number of nitrogens with one attached hydrogen (secondary N) is 1. The van der Waals surface area contributed by atoms with Crippen LogP contribution in [0, 0.1) is 5.92 Å². The molecule has 0 saturated heterocycles. The van der Waals surface area contributed by atoms with E-state index < -0.39 is 0 Å². The van der Waals surface area contributed by atoms with E-state index in [1.54, 1.807) is 0 Å². The molecule has 3 N–H and O–H groups in total. The predicted octanol–water partition coefficient (Wildman–Crippen LogP) is 3.22. The summed E-state index contributed by atoms with van der Waals surface area (Å²) in [6, 6.07) is 0.525. The highest BCUT2D eigenvalue weighted by Crippen LogP contribution is 2.12. The standard InChI is InChI=1S/C12H28N2/c1-4-5-6-7-8-9-12(14-13)10-11(2)3/h11-12,14H,4-10,13H2,1-3H3. The third-order valence-corrected chi connectivity index (χ3v) is 2.65. The Balaban J connectivity index is 3.33. The minimum atomic E-state index is 0.525. The van der Waals surface area contributed by atoms with Crippen LogP contribution >= 0.6 is 0 Å². The van der Waals surface area contributed by atoms with Gasteiger partial charge in [0.05, 0.1) is 0 Å². The molecule has 0 aromatic heterocycles. The molecule has 1 atom stereocenters. The minimum absolute atomic E-state index is 0.525. The summed E-state index contributed by atoms with van der Waals surface area (Å²) >= 11 is 0. The average Bonchev–Trinajstić information content (AvgIpc) is 2.15. The Kier molecular flexibility index (Phi) is 9.42. The topological polar surface area (TPSA) is 38.0 Å². The number of unbranched alkanes of at least 4 members (excludes halogenated alkanes) is 4. The lowest BCUT2D eigenvalue weighted by Crippen LogP contribution is -2.36. The van der Waals surface area contributed by atoms with Gasteiger partial charge < -0.3 is 0 Å². The lowest BCUT2D eigenvalue weighted by Gasteiger charge is -2.17. The van der Waals surface area contributed by atoms with Crippen molar-refractivity contribution in [1.29, 1.82) is 0 Å². The summed E-state index contributed by atoms with van der Waals surface area (Å²) in [7, 11) is 0. The number of rotatable bonds is 9. The third-order valence-electron chi connectivity index (χ3n) is 2.65. The molecule has 0 fully saturated rings. The van der Waals surface area contributed by atoms with Crippen LogP contribution in [0.1, 0.15) is 65.7 Å². The molecule has 0 aliphatic heterocycles. The van der Waals surface area contributed by atoms with Gasteiger partial charge in [0, 0.05) is 6.04 Å². The van der Waals surface area contributed by atoms with E-state index >= 15 is 0 Å². The van der Waals surface area contributed by atoms with Crippen LogP contribution in [0.4, 0.5) is 0 Å². The molecule has 0 bridgehead atoms. The van der Waals surface area contributed by atoms with E-state index in [9.17, 15) is 0 Å². The maximum atomic E-state index is 5.51. The molecule has 14 heavy (non-hydrogen) atoms. The monoisotopic (exact) mass is 200 g/mol. The molecule has 0 saturated carbocycles. The Bertz CT molecular complexity index is 113. The zero-order chi connectivity index (χ0) is 10.8. The van der Waals surface area contributed by atoms with Crippen molar-refractivity contribution in [2.24, 2.45) is 11.8 Å². The first-order valence-corrected chi connectivity index (χ1v) is 6.16. The third kappa shape index (κ3) is 8.52. The second-order valence-electron chi connectivity index (χ2n) is 4.70. The van der Waals surface area contributed by atoms with Crippen LogP contribution in [-0.2, 0) is 0 Å². The maximum absolute atomic E-state index is 5.51. The Labute approximate surface area is 89.6 Å². The van der Waals surface area contributed by atoms with Crippen LogP contribution in [0.5, 0.6) is 0 Å². The van der Waals surface area contributed by atoms with Crippen LogP contribution < -0.4 is 11.3 Å². The summed E-state index contributed by atoms with van der Waals surface area (Å²) in [6.07, 6.45) is 9.21. The van der Waals surface area contributed by atoms with Gasteiger partial charge in [0.1, 0.15) is 0 Å². The molecule has 0 heterocycles. The molecule has 86 valence electrons. The van der Waals surface area contributed by atoms with Crippen LogP contribution in [0.3, 0.4) is 0 Å². The van der Waals surface area contributed by atoms with Gasteiger partial charge >= 0.3 is 0 Å². The van der Waals surface area contributed by atoms with Crippen molar-refractivity contribution in [3.63, 3.8) is 0 Å². The Morgan fingerprint density at radius 3 is 2.21 bits per heavy atom. The Morgan fingerprint density at radius 1 is 1.07 bits per heavy atom. The van der Waals surface area contributed by atoms with E-state index in [1.807, 2.05) is 0 Å². The van der Waals surface area contributed by atoms with E-state index in [2.05, 4.69) is 26.2 Å². The molecule has 0 aromatic carbocycles. The van der Waals surface area contributed by atoms with Gasteiger partial charge in [-0.15, -0.1) is 0 Å². The summed E-state index contributed by atoms with van der Waals surface area (Å²) in [5.41, 5.74) is 2.92. The van der Waals surface area contributed by atoms with Gasteiger partial charge in [-0.05, 0) is 18.8 Å². The number of hydrogen-bond donors (Lipinski definition) is 2. The smallest absolute Gasteiger partial charge is 0.0213 e. The molecular formula is C12H28N2. The summed E-state index contributed by atoms with van der Waals surface area (Å²) in [5, 5.41) is 0. The molecule has 0 amide bonds. The van der Waals surface area contributed by atoms with Crippen molar-refractivity contribution >= 4 is 0 Å². The lowest BCUT2D eigenvalue weighted by atomic mass is 9.99. The Hall–Kier alpha value is -0.0800. The van der Waals surface area contributed by atoms with Crippen LogP contribution in [-0.4, -0.2) is 6.04 Å². The van der Waals surface area contributed by atoms with E-state index in [0.29, 0.717) is 6.04 Å². The first-order valence-electron chi connectivity index (χ1n) is 6.16. The second-order valence-corrected chi connectivity index (χ2v) is 4.70. The zero-order valence-electron chi connectivity index (χ0n) is 10.2. The molecule has 2 heteroatoms. The van der Waals surface area contributed by atoms with E-state index in [-0.39, 0.29) is 0 Å². The highest BCUT2D eigenvalue weighted by Gasteiger charge is 2.07. The van der Waals surface area contributed by atoms with Crippen molar-refractivity contribution < 1.29 is 0 Å². The van der Waals surface area contributed by atoms with Crippen molar-refractivity contribution in [3.8, 4) is 0 Å². The average molecular weight is 200 g/mol. The Morgan fingerprint density at radius 2 is 1.71 bits per heavy atom. The quantitative estimate of drug-likeness (QED) is 0.341. The summed E-state index contributed by atoms with van der Waals surface area (Å²) < 4.78 is 0. The van der Waals surface area contributed by atoms with Crippen molar-refractivity contribution in [2.45, 2.75) is 71.8 Å². The van der Waals surface area contributed by atoms with Crippen LogP contribution in [0.25, 0.3) is 0 Å². The van der Waals surface area contributed by atoms with Crippen molar-refractivity contribution in [2.75, 3.05) is 0 Å². The van der Waals surface area contributed by atoms with Gasteiger partial charge in [0.25, 0.3) is 0 Å². The molecule has 0 aromatic rings. The lowest BCUT2D eigenvalue weighted by molar-refractivity contribution is 0.390. The highest BCUT2D eigenvalue weighted by molar-refractivity contribution is 4.65. The van der Waals surface area contributed by atoms with Crippen molar-refractivity contribution in [1.82, 2.24) is 5.43 Å². The van der Waals surface area contributed by atoms with E-state index in [4.69, 9.17) is 5.84 Å². The SMILES string of the molecule is CCCCCCCC(CC(C)C)NN. The fourth-order valence-electron chi connectivity index (χ4n) is 1.83. The largest absolute Gasteiger partial charge is 0.271 e. The molecule has 0 radical (unpaired) electrons. The summed E-state index contributed by atoms with van der Waals surface area (Å²) in [5.74, 6) is 6.25. The first-order chi connectivity index (χ1) is 6.70. The van der Waals surface area contributed by atoms with Crippen LogP contribution in [0.2, 0.25) is 0 Å². The molecule has 0 spiro atoms. The molecule has 1 unspecified atom stereocenters. The minimum Gasteiger partial charge on any atom is -0.271 e. The normalized spacial score (nSPS) is 13.5. The van der Waals surface area contributed by atoms with Gasteiger partial charge in [0.2, 0.25) is 0 Å². The van der Waals surface area contributed by atoms with Gasteiger partial charge in [0.15, 0.2) is 0 Å². The summed E-state index contributed by atoms with van der Waals surface area (Å²) in [4.78, 5) is 0. The van der Waals surface area contributed by atoms with Gasteiger partial charge in [-0.3, -0.25) is 11.3 Å². The van der Waals surface area contributed by atoms with Crippen molar-refractivity contribution in [3.05, 3.63) is 0 Å². The molecular weight excluding hydrogens is 172 g/mol. The van der Waals surface area contributed by atoms with E-state index in [1.165, 1.54) is 44.9 Å². The molecule has 0 rings (SSSR count). The predicted molar refractivity (Wildman–Crippen MR) is 63.9 cm³/mol. The van der Waals surface area contributed by atoms with Crippen LogP contribution in [0.15, 0.2) is 0 Å². The second kappa shape index (κ2) is 9.47. The van der Waals surface area contributed by atoms with Gasteiger partial charge in [-0.25, -0.2) is 0 Å². The fourth-order valence-corrected chi connectivity index (χ4v) is 1.83. The zero-order valence-corrected chi connectivity index (χ0v) is 10.2. The molecule has 2 nitrogen and oxygen atoms in total. The van der Waals surface area contributed by atoms with Gasteiger partial charge in [-0.1, -0.05) is 52.9 Å². The maximum Gasteiger partial charge on any atom is 0.0213 e. The number of hydrazine groups is 1. The first kappa shape index (κ1) is 13.9. The molecule has 0 aliphatic carbocycles. The fraction of sp³-hybridized carbons (Fsp3) is 1.00. The van der Waals surface area contributed by atoms with Gasteiger partial charge in [-0.2, -0.15) is 0 Å². The highest BCUT2D eigenvalue weighted by atomic mass is 15.2.